The summed E-state index contributed by atoms with van der Waals surface area (Å²) in [5.41, 5.74) is 0.497. The van der Waals surface area contributed by atoms with Gasteiger partial charge in [-0.3, -0.25) is 0 Å². The van der Waals surface area contributed by atoms with Gasteiger partial charge in [0.25, 0.3) is 0 Å². The third-order valence-electron chi connectivity index (χ3n) is 3.78. The molecular weight excluding hydrogens is 366 g/mol. The van der Waals surface area contributed by atoms with Crippen LogP contribution in [-0.4, -0.2) is 37.2 Å². The van der Waals surface area contributed by atoms with Crippen LogP contribution >= 0.6 is 27.5 Å². The largest absolute Gasteiger partial charge is 0.431 e. The summed E-state index contributed by atoms with van der Waals surface area (Å²) in [5.74, 6) is 0.0981. The van der Waals surface area contributed by atoms with E-state index in [2.05, 4.69) is 44.9 Å². The molecule has 7 heteroatoms. The molecular formula is C14H18BrClF2N2O. The van der Waals surface area contributed by atoms with Gasteiger partial charge in [0.2, 0.25) is 0 Å². The van der Waals surface area contributed by atoms with Crippen molar-refractivity contribution < 1.29 is 13.5 Å². The van der Waals surface area contributed by atoms with Crippen molar-refractivity contribution in [1.82, 2.24) is 4.90 Å². The number of likely N-dealkylation sites (tertiary alicyclic amines) is 1. The molecule has 118 valence electrons. The second kappa shape index (κ2) is 7.11. The lowest BCUT2D eigenvalue weighted by atomic mass is 9.98. The smallest absolute Gasteiger partial charge is 0.387 e. The Balaban J connectivity index is 2.18. The van der Waals surface area contributed by atoms with Crippen LogP contribution in [0.4, 0.5) is 14.5 Å². The zero-order chi connectivity index (χ0) is 15.6. The number of anilines is 1. The van der Waals surface area contributed by atoms with E-state index in [0.29, 0.717) is 21.2 Å². The molecule has 1 fully saturated rings. The predicted molar refractivity (Wildman–Crippen MR) is 84.5 cm³/mol. The highest BCUT2D eigenvalue weighted by molar-refractivity contribution is 9.10. The number of hydrogen-bond acceptors (Lipinski definition) is 3. The SMILES string of the molecule is CC1CC(Nc2cc(Cl)cc(Br)c2OC(F)F)CCN1C. The second-order valence-corrected chi connectivity index (χ2v) is 6.63. The van der Waals surface area contributed by atoms with Crippen molar-refractivity contribution in [3.63, 3.8) is 0 Å². The van der Waals surface area contributed by atoms with E-state index < -0.39 is 6.61 Å². The lowest BCUT2D eigenvalue weighted by molar-refractivity contribution is -0.0499. The third-order valence-corrected chi connectivity index (χ3v) is 4.59. The van der Waals surface area contributed by atoms with Crippen LogP contribution in [0.2, 0.25) is 5.02 Å². The molecule has 1 aromatic carbocycles. The van der Waals surface area contributed by atoms with E-state index >= 15 is 0 Å². The maximum atomic E-state index is 12.6. The molecule has 1 heterocycles. The molecule has 3 nitrogen and oxygen atoms in total. The molecule has 0 saturated carbocycles. The fraction of sp³-hybridized carbons (Fsp3) is 0.571. The van der Waals surface area contributed by atoms with Crippen molar-refractivity contribution in [2.75, 3.05) is 18.9 Å². The van der Waals surface area contributed by atoms with Gasteiger partial charge in [-0.15, -0.1) is 0 Å². The molecule has 1 aliphatic rings. The fourth-order valence-electron chi connectivity index (χ4n) is 2.52. The van der Waals surface area contributed by atoms with Gasteiger partial charge >= 0.3 is 6.61 Å². The molecule has 1 N–H and O–H groups in total. The first-order chi connectivity index (χ1) is 9.86. The first-order valence-corrected chi connectivity index (χ1v) is 7.94. The van der Waals surface area contributed by atoms with Gasteiger partial charge in [-0.1, -0.05) is 11.6 Å². The Hall–Kier alpha value is -0.590. The maximum Gasteiger partial charge on any atom is 0.387 e. The highest BCUT2D eigenvalue weighted by atomic mass is 79.9. The summed E-state index contributed by atoms with van der Waals surface area (Å²) in [6, 6.07) is 3.81. The third kappa shape index (κ3) is 4.44. The van der Waals surface area contributed by atoms with Crippen LogP contribution in [0.5, 0.6) is 5.75 Å². The highest BCUT2D eigenvalue weighted by Gasteiger charge is 2.24. The molecule has 0 aromatic heterocycles. The molecule has 21 heavy (non-hydrogen) atoms. The van der Waals surface area contributed by atoms with Gasteiger partial charge in [0.1, 0.15) is 0 Å². The van der Waals surface area contributed by atoms with Crippen molar-refractivity contribution in [3.05, 3.63) is 21.6 Å². The van der Waals surface area contributed by atoms with Crippen molar-refractivity contribution in [2.45, 2.75) is 38.5 Å². The van der Waals surface area contributed by atoms with E-state index in [-0.39, 0.29) is 11.8 Å². The average molecular weight is 384 g/mol. The van der Waals surface area contributed by atoms with Crippen molar-refractivity contribution >= 4 is 33.2 Å². The van der Waals surface area contributed by atoms with Crippen molar-refractivity contribution in [1.29, 1.82) is 0 Å². The Bertz CT molecular complexity index is 504. The van der Waals surface area contributed by atoms with Crippen LogP contribution in [0.25, 0.3) is 0 Å². The standard InChI is InChI=1S/C14H18BrClF2N2O/c1-8-5-10(3-4-20(8)2)19-12-7-9(16)6-11(15)13(12)21-14(17)18/h6-8,10,14,19H,3-5H2,1-2H3. The number of alkyl halides is 2. The summed E-state index contributed by atoms with van der Waals surface area (Å²) in [6.45, 7) is 0.239. The van der Waals surface area contributed by atoms with E-state index in [4.69, 9.17) is 11.6 Å². The Kier molecular flexibility index (Phi) is 5.68. The summed E-state index contributed by atoms with van der Waals surface area (Å²) in [6.07, 6.45) is 1.88. The van der Waals surface area contributed by atoms with Crippen LogP contribution < -0.4 is 10.1 Å². The molecule has 0 radical (unpaired) electrons. The maximum absolute atomic E-state index is 12.6. The Morgan fingerprint density at radius 2 is 2.19 bits per heavy atom. The summed E-state index contributed by atoms with van der Waals surface area (Å²) in [4.78, 5) is 2.28. The molecule has 2 unspecified atom stereocenters. The molecule has 2 rings (SSSR count). The molecule has 1 aromatic rings. The molecule has 1 saturated heterocycles. The normalized spacial score (nSPS) is 23.4. The van der Waals surface area contributed by atoms with Gasteiger partial charge in [0, 0.05) is 23.7 Å². The van der Waals surface area contributed by atoms with Gasteiger partial charge in [-0.25, -0.2) is 0 Å². The monoisotopic (exact) mass is 382 g/mol. The predicted octanol–water partition coefficient (Wildman–Crippen LogP) is 4.60. The number of nitrogens with zero attached hydrogens (tertiary/aromatic N) is 1. The molecule has 0 amide bonds. The minimum atomic E-state index is -2.88. The molecule has 1 aliphatic heterocycles. The topological polar surface area (TPSA) is 24.5 Å². The van der Waals surface area contributed by atoms with E-state index in [1.165, 1.54) is 0 Å². The van der Waals surface area contributed by atoms with Gasteiger partial charge in [-0.2, -0.15) is 8.78 Å². The summed E-state index contributed by atoms with van der Waals surface area (Å²) in [5, 5.41) is 3.75. The van der Waals surface area contributed by atoms with E-state index in [0.717, 1.165) is 19.4 Å². The van der Waals surface area contributed by atoms with Crippen molar-refractivity contribution in [2.24, 2.45) is 0 Å². The minimum absolute atomic E-state index is 0.0981. The first kappa shape index (κ1) is 16.8. The van der Waals surface area contributed by atoms with Crippen LogP contribution in [0.15, 0.2) is 16.6 Å². The summed E-state index contributed by atoms with van der Waals surface area (Å²) >= 11 is 9.23. The van der Waals surface area contributed by atoms with E-state index in [9.17, 15) is 8.78 Å². The molecule has 2 atom stereocenters. The first-order valence-electron chi connectivity index (χ1n) is 6.77. The molecule has 0 spiro atoms. The summed E-state index contributed by atoms with van der Waals surface area (Å²) < 4.78 is 30.1. The Morgan fingerprint density at radius 3 is 2.81 bits per heavy atom. The Labute approximate surface area is 136 Å². The second-order valence-electron chi connectivity index (χ2n) is 5.34. The van der Waals surface area contributed by atoms with E-state index in [1.807, 2.05) is 0 Å². The highest BCUT2D eigenvalue weighted by Crippen LogP contribution is 2.38. The lowest BCUT2D eigenvalue weighted by Crippen LogP contribution is -2.42. The van der Waals surface area contributed by atoms with Gasteiger partial charge in [-0.05, 0) is 54.9 Å². The Morgan fingerprint density at radius 1 is 1.48 bits per heavy atom. The number of halogens is 4. The number of nitrogens with one attached hydrogen (secondary N) is 1. The van der Waals surface area contributed by atoms with Crippen LogP contribution in [0, 0.1) is 0 Å². The molecule has 0 bridgehead atoms. The number of hydrogen-bond donors (Lipinski definition) is 1. The summed E-state index contributed by atoms with van der Waals surface area (Å²) in [7, 11) is 2.09. The number of benzene rings is 1. The minimum Gasteiger partial charge on any atom is -0.431 e. The van der Waals surface area contributed by atoms with Crippen molar-refractivity contribution in [3.8, 4) is 5.75 Å². The lowest BCUT2D eigenvalue weighted by Gasteiger charge is -2.36. The number of ether oxygens (including phenoxy) is 1. The van der Waals surface area contributed by atoms with Gasteiger partial charge < -0.3 is 15.0 Å². The molecule has 0 aliphatic carbocycles. The quantitative estimate of drug-likeness (QED) is 0.822. The zero-order valence-corrected chi connectivity index (χ0v) is 14.2. The van der Waals surface area contributed by atoms with Crippen LogP contribution in [0.1, 0.15) is 19.8 Å². The average Bonchev–Trinajstić information content (AvgIpc) is 2.38. The van der Waals surface area contributed by atoms with Gasteiger partial charge in [0.05, 0.1) is 10.2 Å². The van der Waals surface area contributed by atoms with E-state index in [1.54, 1.807) is 12.1 Å². The zero-order valence-electron chi connectivity index (χ0n) is 11.9. The van der Waals surface area contributed by atoms with Crippen LogP contribution in [-0.2, 0) is 0 Å². The van der Waals surface area contributed by atoms with Gasteiger partial charge in [0.15, 0.2) is 5.75 Å². The fourth-order valence-corrected chi connectivity index (χ4v) is 3.42. The number of rotatable bonds is 4. The number of piperidine rings is 1. The van der Waals surface area contributed by atoms with Crippen LogP contribution in [0.3, 0.4) is 0 Å².